The van der Waals surface area contributed by atoms with Gasteiger partial charge in [0.05, 0.1) is 30.2 Å². The zero-order chi connectivity index (χ0) is 62.9. The number of hydrogen-bond donors (Lipinski definition) is 10. The number of carboxylic acids is 5. The van der Waals surface area contributed by atoms with Gasteiger partial charge in [-0.2, -0.15) is 11.8 Å². The van der Waals surface area contributed by atoms with Gasteiger partial charge in [0.25, 0.3) is 0 Å². The van der Waals surface area contributed by atoms with E-state index in [1.807, 2.05) is 13.8 Å². The number of carbonyl (C=O) groups is 16. The van der Waals surface area contributed by atoms with Crippen molar-refractivity contribution >= 4 is 106 Å². The molecule has 0 aromatic carbocycles. The summed E-state index contributed by atoms with van der Waals surface area (Å²) < 4.78 is 5.55. The molecule has 1 saturated heterocycles. The number of carboxylic acid groups (broad SMARTS) is 5. The van der Waals surface area contributed by atoms with Gasteiger partial charge in [0.15, 0.2) is 28.9 Å². The van der Waals surface area contributed by atoms with Crippen molar-refractivity contribution in [2.45, 2.75) is 192 Å². The zero-order valence-electron chi connectivity index (χ0n) is 47.7. The van der Waals surface area contributed by atoms with Crippen molar-refractivity contribution in [3.8, 4) is 0 Å². The first-order valence-electron chi connectivity index (χ1n) is 27.6. The lowest BCUT2D eigenvalue weighted by atomic mass is 9.89. The third-order valence-electron chi connectivity index (χ3n) is 13.4. The van der Waals surface area contributed by atoms with E-state index in [1.165, 1.54) is 16.7 Å². The highest BCUT2D eigenvalue weighted by Crippen LogP contribution is 2.22. The highest BCUT2D eigenvalue weighted by molar-refractivity contribution is 7.98. The molecule has 10 N–H and O–H groups in total. The van der Waals surface area contributed by atoms with Crippen molar-refractivity contribution in [3.63, 3.8) is 0 Å². The summed E-state index contributed by atoms with van der Waals surface area (Å²) in [7, 11) is 0. The third kappa shape index (κ3) is 30.6. The molecule has 0 spiro atoms. The van der Waals surface area contributed by atoms with Crippen LogP contribution in [0.1, 0.15) is 156 Å². The van der Waals surface area contributed by atoms with Crippen molar-refractivity contribution in [2.75, 3.05) is 31.8 Å². The van der Waals surface area contributed by atoms with Crippen LogP contribution < -0.4 is 26.6 Å². The molecule has 1 fully saturated rings. The van der Waals surface area contributed by atoms with E-state index in [2.05, 4.69) is 26.6 Å². The molecule has 28 nitrogen and oxygen atoms in total. The summed E-state index contributed by atoms with van der Waals surface area (Å²) in [5.41, 5.74) is 0. The molecule has 0 unspecified atom stereocenters. The quantitative estimate of drug-likeness (QED) is 0.0380. The third-order valence-corrected chi connectivity index (χ3v) is 14.1. The predicted octanol–water partition coefficient (Wildman–Crippen LogP) is 1.000. The van der Waals surface area contributed by atoms with Crippen molar-refractivity contribution in [2.24, 2.45) is 17.8 Å². The number of aliphatic carboxylic acids is 5. The molecule has 0 aliphatic carbocycles. The van der Waals surface area contributed by atoms with E-state index < -0.39 is 220 Å². The van der Waals surface area contributed by atoms with E-state index in [9.17, 15) is 97.1 Å². The molecule has 0 saturated carbocycles. The topological polar surface area (TPSA) is 447 Å². The Balaban J connectivity index is 3.15. The lowest BCUT2D eigenvalue weighted by Crippen LogP contribution is -2.52. The Kier molecular flexibility index (Phi) is 35.0. The highest BCUT2D eigenvalue weighted by Gasteiger charge is 2.37. The Hall–Kier alpha value is -7.17. The second kappa shape index (κ2) is 39.3. The lowest BCUT2D eigenvalue weighted by molar-refractivity contribution is -0.142. The van der Waals surface area contributed by atoms with Crippen LogP contribution in [0, 0.1) is 17.8 Å². The molecule has 1 aliphatic rings. The van der Waals surface area contributed by atoms with Gasteiger partial charge in [-0.3, -0.25) is 76.7 Å². The molecule has 0 aromatic rings. The first kappa shape index (κ1) is 73.8. The summed E-state index contributed by atoms with van der Waals surface area (Å²) in [5.74, 6) is -17.4. The van der Waals surface area contributed by atoms with E-state index in [0.29, 0.717) is 12.2 Å². The number of ketones is 5. The molecule has 1 aliphatic heterocycles. The van der Waals surface area contributed by atoms with Gasteiger partial charge >= 0.3 is 29.8 Å². The number of amides is 6. The monoisotopic (exact) mass is 1200 g/mol. The number of Topliss-reactive ketones (excluding diaryl/α,β-unsaturated/α-hetero) is 5. The highest BCUT2D eigenvalue weighted by atomic mass is 32.2. The number of nitrogens with zero attached hydrogens (tertiary/aromatic N) is 1. The summed E-state index contributed by atoms with van der Waals surface area (Å²) >= 11 is 1.39. The van der Waals surface area contributed by atoms with Gasteiger partial charge < -0.3 is 61.8 Å². The molecule has 8 atom stereocenters. The fraction of sp³-hybridized carbons (Fsp3) is 0.704. The fourth-order valence-corrected chi connectivity index (χ4v) is 9.61. The number of carbonyl (C=O) groups excluding carboxylic acids is 11. The van der Waals surface area contributed by atoms with Crippen molar-refractivity contribution in [1.82, 2.24) is 31.5 Å². The normalized spacial score (nSPS) is 15.4. The molecule has 0 aromatic heterocycles. The Morgan fingerprint density at radius 1 is 0.542 bits per heavy atom. The number of thioether (sulfide) groups is 1. The Morgan fingerprint density at radius 3 is 1.45 bits per heavy atom. The van der Waals surface area contributed by atoms with E-state index in [0.717, 1.165) is 6.92 Å². The van der Waals surface area contributed by atoms with Gasteiger partial charge in [0.2, 0.25) is 35.4 Å². The molecule has 0 radical (unpaired) electrons. The molecule has 29 heteroatoms. The van der Waals surface area contributed by atoms with E-state index in [4.69, 9.17) is 9.84 Å². The van der Waals surface area contributed by atoms with Crippen molar-refractivity contribution in [1.29, 1.82) is 0 Å². The standard InChI is InChI=1S/C54H82N6O22S/c1-6-40(62)38(29-83-5)56-45(67)17-16-42(64)37(25-30(2)3)59-54(81)39-9-7-23-60(39)46(68)28-82-24-8-10-41(63)34(13-20-49(73)74)57-52(79)33(12-19-48(71)72)27-44(66)36(15-22-51(77)78)58-53(80)32(11-18-47(69)70)26-43(65)35(55-31(4)61)14-21-50(75)76/h30,32-39H,6-29H2,1-5H3,(H,55,61)(H,56,67)(H,57,79)(H,58,80)(H,59,81)(H,69,70)(H,71,72)(H,73,74)(H,75,76)(H,77,78)/t32-,33-,34+,35+,36+,37-,38-,39-/m0/s1. The minimum absolute atomic E-state index is 0.0408. The average Bonchev–Trinajstić information content (AvgIpc) is 3.99. The number of nitrogens with one attached hydrogen (secondary N) is 5. The Bertz CT molecular complexity index is 2330. The van der Waals surface area contributed by atoms with E-state index in [1.54, 1.807) is 13.2 Å². The molecule has 1 heterocycles. The minimum atomic E-state index is -1.73. The molecular formula is C54H82N6O22S. The van der Waals surface area contributed by atoms with Crippen LogP contribution in [-0.4, -0.2) is 193 Å². The minimum Gasteiger partial charge on any atom is -0.481 e. The van der Waals surface area contributed by atoms with E-state index in [-0.39, 0.29) is 69.8 Å². The van der Waals surface area contributed by atoms with Crippen molar-refractivity contribution < 1.29 is 107 Å². The van der Waals surface area contributed by atoms with E-state index >= 15 is 0 Å². The summed E-state index contributed by atoms with van der Waals surface area (Å²) in [5, 5.41) is 59.3. The first-order chi connectivity index (χ1) is 39.0. The Morgan fingerprint density at radius 2 is 1.00 bits per heavy atom. The smallest absolute Gasteiger partial charge is 0.303 e. The van der Waals surface area contributed by atoms with Crippen LogP contribution in [0.4, 0.5) is 0 Å². The lowest BCUT2D eigenvalue weighted by Gasteiger charge is -2.27. The molecule has 466 valence electrons. The van der Waals surface area contributed by atoms with Crippen LogP contribution in [-0.2, 0) is 81.4 Å². The van der Waals surface area contributed by atoms with Crippen LogP contribution >= 0.6 is 11.8 Å². The Labute approximate surface area is 484 Å². The molecule has 1 rings (SSSR count). The van der Waals surface area contributed by atoms with Crippen LogP contribution in [0.2, 0.25) is 0 Å². The van der Waals surface area contributed by atoms with Crippen LogP contribution in [0.3, 0.4) is 0 Å². The van der Waals surface area contributed by atoms with Gasteiger partial charge in [-0.15, -0.1) is 0 Å². The maximum absolute atomic E-state index is 13.9. The van der Waals surface area contributed by atoms with Crippen molar-refractivity contribution in [3.05, 3.63) is 0 Å². The number of hydrogen-bond acceptors (Lipinski definition) is 18. The summed E-state index contributed by atoms with van der Waals surface area (Å²) in [6, 6.07) is -7.27. The fourth-order valence-electron chi connectivity index (χ4n) is 9.00. The maximum atomic E-state index is 13.9. The number of rotatable bonds is 46. The van der Waals surface area contributed by atoms with Crippen LogP contribution in [0.15, 0.2) is 0 Å². The number of likely N-dealkylation sites (tertiary alicyclic amines) is 1. The average molecular weight is 1200 g/mol. The SMILES string of the molecule is CCC(=O)[C@H](CSC)NC(=O)CCC(=O)[C@H](CC(C)C)NC(=O)[C@@H]1CCCN1C(=O)COCCCC(=O)[C@@H](CCC(=O)O)NC(=O)[C@@H](CCC(=O)O)CC(=O)[C@@H](CCC(=O)O)NC(=O)[C@@H](CCC(=O)O)CC(=O)[C@@H](CCC(=O)O)NC(C)=O. The second-order valence-electron chi connectivity index (χ2n) is 20.7. The zero-order valence-corrected chi connectivity index (χ0v) is 48.5. The second-order valence-corrected chi connectivity index (χ2v) is 21.6. The van der Waals surface area contributed by atoms with Crippen LogP contribution in [0.25, 0.3) is 0 Å². The predicted molar refractivity (Wildman–Crippen MR) is 293 cm³/mol. The molecule has 83 heavy (non-hydrogen) atoms. The largest absolute Gasteiger partial charge is 0.481 e. The first-order valence-corrected chi connectivity index (χ1v) is 28.9. The van der Waals surface area contributed by atoms with Gasteiger partial charge in [0.1, 0.15) is 12.6 Å². The van der Waals surface area contributed by atoms with Gasteiger partial charge in [-0.25, -0.2) is 0 Å². The summed E-state index contributed by atoms with van der Waals surface area (Å²) in [4.78, 5) is 204. The number of ether oxygens (including phenoxy) is 1. The molecular weight excluding hydrogens is 1120 g/mol. The van der Waals surface area contributed by atoms with Gasteiger partial charge in [-0.1, -0.05) is 20.8 Å². The van der Waals surface area contributed by atoms with Crippen LogP contribution in [0.5, 0.6) is 0 Å². The molecule has 0 bridgehead atoms. The maximum Gasteiger partial charge on any atom is 0.303 e. The molecule has 6 amide bonds. The summed E-state index contributed by atoms with van der Waals surface area (Å²) in [6.45, 7) is 5.88. The van der Waals surface area contributed by atoms with Gasteiger partial charge in [-0.05, 0) is 70.0 Å². The van der Waals surface area contributed by atoms with Gasteiger partial charge in [0, 0.05) is 108 Å². The summed E-state index contributed by atoms with van der Waals surface area (Å²) in [6.07, 6.45) is -5.37.